The van der Waals surface area contributed by atoms with Crippen molar-refractivity contribution >= 4 is 16.9 Å². The number of hydrogen-bond acceptors (Lipinski definition) is 6. The fourth-order valence-electron chi connectivity index (χ4n) is 4.53. The number of aliphatic hydroxyl groups is 1. The highest BCUT2D eigenvalue weighted by atomic mass is 16.3. The molecule has 0 atom stereocenters. The first-order valence-electron chi connectivity index (χ1n) is 11.4. The van der Waals surface area contributed by atoms with Crippen molar-refractivity contribution in [1.29, 1.82) is 0 Å². The van der Waals surface area contributed by atoms with Gasteiger partial charge in [-0.3, -0.25) is 9.69 Å². The van der Waals surface area contributed by atoms with E-state index in [9.17, 15) is 9.90 Å². The molecule has 1 saturated heterocycles. The van der Waals surface area contributed by atoms with Crippen molar-refractivity contribution in [1.82, 2.24) is 29.5 Å². The van der Waals surface area contributed by atoms with Crippen LogP contribution in [-0.2, 0) is 0 Å². The average Bonchev–Trinajstić information content (AvgIpc) is 3.56. The van der Waals surface area contributed by atoms with Gasteiger partial charge in [-0.25, -0.2) is 9.97 Å². The Morgan fingerprint density at radius 3 is 2.56 bits per heavy atom. The second-order valence-electron chi connectivity index (χ2n) is 9.63. The Hall–Kier alpha value is -2.84. The van der Waals surface area contributed by atoms with E-state index in [1.165, 1.54) is 0 Å². The lowest BCUT2D eigenvalue weighted by Crippen LogP contribution is -2.52. The summed E-state index contributed by atoms with van der Waals surface area (Å²) in [6.45, 7) is 8.97. The van der Waals surface area contributed by atoms with Crippen LogP contribution < -0.4 is 0 Å². The van der Waals surface area contributed by atoms with Crippen molar-refractivity contribution in [2.45, 2.75) is 45.1 Å². The molecule has 0 radical (unpaired) electrons. The Labute approximate surface area is 187 Å². The summed E-state index contributed by atoms with van der Waals surface area (Å²) in [5.41, 5.74) is 2.41. The van der Waals surface area contributed by atoms with Crippen molar-refractivity contribution in [3.63, 3.8) is 0 Å². The monoisotopic (exact) mass is 434 g/mol. The number of pyridine rings is 2. The third-order valence-electron chi connectivity index (χ3n) is 6.19. The van der Waals surface area contributed by atoms with E-state index in [4.69, 9.17) is 10.1 Å². The van der Waals surface area contributed by atoms with Gasteiger partial charge in [0.25, 0.3) is 5.91 Å². The van der Waals surface area contributed by atoms with E-state index in [0.29, 0.717) is 42.6 Å². The molecule has 32 heavy (non-hydrogen) atoms. The van der Waals surface area contributed by atoms with Gasteiger partial charge >= 0.3 is 0 Å². The maximum atomic E-state index is 13.7. The topological polar surface area (TPSA) is 87.4 Å². The molecule has 3 aromatic heterocycles. The van der Waals surface area contributed by atoms with Gasteiger partial charge in [0, 0.05) is 50.5 Å². The number of hydrogen-bond donors (Lipinski definition) is 1. The highest BCUT2D eigenvalue weighted by molar-refractivity contribution is 6.06. The number of fused-ring (bicyclic) bond motifs is 1. The van der Waals surface area contributed by atoms with E-state index >= 15 is 0 Å². The summed E-state index contributed by atoms with van der Waals surface area (Å²) in [4.78, 5) is 27.2. The molecule has 0 bridgehead atoms. The third kappa shape index (κ3) is 4.12. The van der Waals surface area contributed by atoms with Gasteiger partial charge in [-0.05, 0) is 51.8 Å². The van der Waals surface area contributed by atoms with Gasteiger partial charge in [0.15, 0.2) is 11.5 Å². The maximum absolute atomic E-state index is 13.7. The molecular formula is C24H30N6O2. The van der Waals surface area contributed by atoms with Crippen molar-refractivity contribution in [2.75, 3.05) is 32.7 Å². The Balaban J connectivity index is 1.50. The number of aromatic nitrogens is 4. The molecule has 0 unspecified atom stereocenters. The molecule has 1 N–H and O–H groups in total. The number of carbonyl (C=O) groups is 1. The number of nitrogens with zero attached hydrogens (tertiary/aromatic N) is 6. The molecule has 0 spiro atoms. The average molecular weight is 435 g/mol. The number of piperazine rings is 1. The Bertz CT molecular complexity index is 1140. The van der Waals surface area contributed by atoms with E-state index in [-0.39, 0.29) is 5.91 Å². The van der Waals surface area contributed by atoms with Crippen molar-refractivity contribution in [3.8, 4) is 5.82 Å². The molecule has 2 fully saturated rings. The number of aryl methyl sites for hydroxylation is 1. The van der Waals surface area contributed by atoms with Crippen molar-refractivity contribution < 1.29 is 9.90 Å². The van der Waals surface area contributed by atoms with Crippen LogP contribution in [0.1, 0.15) is 54.4 Å². The summed E-state index contributed by atoms with van der Waals surface area (Å²) in [5.74, 6) is 1.15. The number of carbonyl (C=O) groups excluding carboxylic acids is 1. The van der Waals surface area contributed by atoms with Crippen LogP contribution in [0.15, 0.2) is 30.5 Å². The van der Waals surface area contributed by atoms with E-state index in [0.717, 1.165) is 42.7 Å². The molecule has 5 rings (SSSR count). The second kappa shape index (κ2) is 7.94. The third-order valence-corrected chi connectivity index (χ3v) is 6.19. The van der Waals surface area contributed by atoms with Gasteiger partial charge < -0.3 is 10.0 Å². The smallest absolute Gasteiger partial charge is 0.254 e. The Kier molecular flexibility index (Phi) is 5.22. The zero-order valence-electron chi connectivity index (χ0n) is 19.0. The highest BCUT2D eigenvalue weighted by Gasteiger charge is 2.31. The largest absolute Gasteiger partial charge is 0.389 e. The molecule has 1 amide bonds. The summed E-state index contributed by atoms with van der Waals surface area (Å²) in [7, 11) is 0. The van der Waals surface area contributed by atoms with Gasteiger partial charge in [-0.2, -0.15) is 9.78 Å². The summed E-state index contributed by atoms with van der Waals surface area (Å²) >= 11 is 0. The summed E-state index contributed by atoms with van der Waals surface area (Å²) < 4.78 is 1.76. The first-order chi connectivity index (χ1) is 15.3. The van der Waals surface area contributed by atoms with Crippen LogP contribution in [0.2, 0.25) is 0 Å². The Morgan fingerprint density at radius 1 is 1.19 bits per heavy atom. The van der Waals surface area contributed by atoms with Crippen LogP contribution in [0.3, 0.4) is 0 Å². The van der Waals surface area contributed by atoms with Crippen LogP contribution >= 0.6 is 0 Å². The van der Waals surface area contributed by atoms with Gasteiger partial charge in [-0.15, -0.1) is 0 Å². The molecule has 3 aromatic rings. The van der Waals surface area contributed by atoms with E-state index in [1.807, 2.05) is 49.9 Å². The van der Waals surface area contributed by atoms with E-state index in [1.54, 1.807) is 10.9 Å². The zero-order valence-corrected chi connectivity index (χ0v) is 19.0. The standard InChI is InChI=1S/C24H30N6O2/c1-16-21-18(23(31)29-12-10-28(11-13-29)15-24(2,3)32)14-19(17-7-8-17)26-22(21)30(27-16)20-6-4-5-9-25-20/h4-6,9,14,17,32H,7-8,10-13,15H2,1-3H3. The normalized spacial score (nSPS) is 17.8. The lowest BCUT2D eigenvalue weighted by molar-refractivity contribution is 0.0179. The molecule has 1 saturated carbocycles. The molecule has 8 heteroatoms. The van der Waals surface area contributed by atoms with Crippen molar-refractivity contribution in [2.24, 2.45) is 0 Å². The van der Waals surface area contributed by atoms with Gasteiger partial charge in [0.05, 0.1) is 22.2 Å². The lowest BCUT2D eigenvalue weighted by atomic mass is 10.1. The second-order valence-corrected chi connectivity index (χ2v) is 9.63. The lowest BCUT2D eigenvalue weighted by Gasteiger charge is -2.37. The minimum Gasteiger partial charge on any atom is -0.389 e. The molecule has 8 nitrogen and oxygen atoms in total. The predicted molar refractivity (Wildman–Crippen MR) is 122 cm³/mol. The maximum Gasteiger partial charge on any atom is 0.254 e. The predicted octanol–water partition coefficient (Wildman–Crippen LogP) is 2.53. The molecule has 2 aliphatic rings. The molecular weight excluding hydrogens is 404 g/mol. The molecule has 1 aliphatic heterocycles. The fourth-order valence-corrected chi connectivity index (χ4v) is 4.53. The number of amides is 1. The van der Waals surface area contributed by atoms with Crippen LogP contribution in [0.4, 0.5) is 0 Å². The molecule has 4 heterocycles. The van der Waals surface area contributed by atoms with Gasteiger partial charge in [0.2, 0.25) is 0 Å². The summed E-state index contributed by atoms with van der Waals surface area (Å²) in [6.07, 6.45) is 3.96. The van der Waals surface area contributed by atoms with Crippen LogP contribution in [0.25, 0.3) is 16.9 Å². The first kappa shape index (κ1) is 21.0. The quantitative estimate of drug-likeness (QED) is 0.664. The van der Waals surface area contributed by atoms with E-state index in [2.05, 4.69) is 9.88 Å². The van der Waals surface area contributed by atoms with Gasteiger partial charge in [-0.1, -0.05) is 6.07 Å². The van der Waals surface area contributed by atoms with Crippen molar-refractivity contribution in [3.05, 3.63) is 47.4 Å². The summed E-state index contributed by atoms with van der Waals surface area (Å²) in [5, 5.41) is 15.6. The van der Waals surface area contributed by atoms with Crippen LogP contribution in [0.5, 0.6) is 0 Å². The minimum absolute atomic E-state index is 0.0332. The fraction of sp³-hybridized carbons (Fsp3) is 0.500. The number of rotatable bonds is 5. The number of β-amino-alcohol motifs (C(OH)–C–C–N with tert-alkyl or cyclic N) is 1. The Morgan fingerprint density at radius 2 is 1.94 bits per heavy atom. The van der Waals surface area contributed by atoms with E-state index < -0.39 is 5.60 Å². The first-order valence-corrected chi connectivity index (χ1v) is 11.4. The SMILES string of the molecule is Cc1nn(-c2ccccn2)c2nc(C3CC3)cc(C(=O)N3CCN(CC(C)(C)O)CC3)c12. The molecule has 168 valence electrons. The van der Waals surface area contributed by atoms with Crippen LogP contribution in [-0.4, -0.2) is 78.9 Å². The summed E-state index contributed by atoms with van der Waals surface area (Å²) in [6, 6.07) is 7.69. The molecule has 1 aliphatic carbocycles. The molecule has 0 aromatic carbocycles. The van der Waals surface area contributed by atoms with Crippen LogP contribution in [0, 0.1) is 6.92 Å². The zero-order chi connectivity index (χ0) is 22.5. The van der Waals surface area contributed by atoms with Gasteiger partial charge in [0.1, 0.15) is 0 Å². The minimum atomic E-state index is -0.736. The highest BCUT2D eigenvalue weighted by Crippen LogP contribution is 2.41.